The summed E-state index contributed by atoms with van der Waals surface area (Å²) in [4.78, 5) is 4.37. The standard InChI is InChI=1S/C9H11ClFNO/c1-6-2-3-8(11)7(9(6)10)4-5-13-12/h2-3H,4-5,12H2,1H3. The number of halogens is 2. The van der Waals surface area contributed by atoms with Gasteiger partial charge in [0, 0.05) is 17.0 Å². The topological polar surface area (TPSA) is 35.2 Å². The number of hydrogen-bond acceptors (Lipinski definition) is 2. The third-order valence-electron chi connectivity index (χ3n) is 1.85. The Morgan fingerprint density at radius 1 is 1.54 bits per heavy atom. The highest BCUT2D eigenvalue weighted by Crippen LogP contribution is 2.23. The molecule has 0 unspecified atom stereocenters. The van der Waals surface area contributed by atoms with Gasteiger partial charge < -0.3 is 4.84 Å². The smallest absolute Gasteiger partial charge is 0.127 e. The minimum absolute atomic E-state index is 0.264. The van der Waals surface area contributed by atoms with E-state index in [1.54, 1.807) is 6.07 Å². The summed E-state index contributed by atoms with van der Waals surface area (Å²) in [6, 6.07) is 3.04. The first-order valence-corrected chi connectivity index (χ1v) is 4.29. The molecule has 2 nitrogen and oxygen atoms in total. The lowest BCUT2D eigenvalue weighted by Crippen LogP contribution is -2.06. The summed E-state index contributed by atoms with van der Waals surface area (Å²) in [7, 11) is 0. The van der Waals surface area contributed by atoms with E-state index in [-0.39, 0.29) is 12.4 Å². The first-order valence-electron chi connectivity index (χ1n) is 3.92. The molecule has 0 radical (unpaired) electrons. The molecule has 0 fully saturated rings. The highest BCUT2D eigenvalue weighted by atomic mass is 35.5. The molecule has 1 aromatic rings. The largest absolute Gasteiger partial charge is 0.304 e. The van der Waals surface area contributed by atoms with Crippen molar-refractivity contribution < 1.29 is 9.23 Å². The summed E-state index contributed by atoms with van der Waals surface area (Å²) in [6.07, 6.45) is 0.392. The Morgan fingerprint density at radius 3 is 2.85 bits per heavy atom. The first-order chi connectivity index (χ1) is 6.16. The molecule has 0 aliphatic heterocycles. The second-order valence-electron chi connectivity index (χ2n) is 2.78. The molecule has 13 heavy (non-hydrogen) atoms. The Hall–Kier alpha value is -0.640. The Morgan fingerprint density at radius 2 is 2.23 bits per heavy atom. The van der Waals surface area contributed by atoms with Crippen LogP contribution < -0.4 is 5.90 Å². The van der Waals surface area contributed by atoms with Gasteiger partial charge in [0.25, 0.3) is 0 Å². The Balaban J connectivity index is 2.96. The molecule has 0 aliphatic carbocycles. The molecule has 0 amide bonds. The third-order valence-corrected chi connectivity index (χ3v) is 2.38. The number of aryl methyl sites for hydroxylation is 1. The molecule has 0 aromatic heterocycles. The Bertz CT molecular complexity index is 304. The van der Waals surface area contributed by atoms with Gasteiger partial charge in [0.1, 0.15) is 5.82 Å². The molecule has 0 spiro atoms. The van der Waals surface area contributed by atoms with Crippen LogP contribution in [0.25, 0.3) is 0 Å². The zero-order valence-corrected chi connectivity index (χ0v) is 8.07. The molecule has 0 saturated heterocycles. The zero-order valence-electron chi connectivity index (χ0n) is 7.31. The lowest BCUT2D eigenvalue weighted by Gasteiger charge is -2.07. The number of hydrogen-bond donors (Lipinski definition) is 1. The second-order valence-corrected chi connectivity index (χ2v) is 3.16. The van der Waals surface area contributed by atoms with Crippen LogP contribution in [-0.2, 0) is 11.3 Å². The van der Waals surface area contributed by atoms with Gasteiger partial charge in [-0.15, -0.1) is 0 Å². The summed E-state index contributed by atoms with van der Waals surface area (Å²) >= 11 is 5.90. The van der Waals surface area contributed by atoms with Gasteiger partial charge in [0.2, 0.25) is 0 Å². The molecule has 1 aromatic carbocycles. The van der Waals surface area contributed by atoms with Crippen LogP contribution >= 0.6 is 11.6 Å². The Kier molecular flexibility index (Phi) is 3.66. The van der Waals surface area contributed by atoms with E-state index in [9.17, 15) is 4.39 Å². The van der Waals surface area contributed by atoms with Gasteiger partial charge in [-0.05, 0) is 18.6 Å². The molecule has 2 N–H and O–H groups in total. The fourth-order valence-corrected chi connectivity index (χ4v) is 1.35. The maximum absolute atomic E-state index is 13.2. The molecule has 4 heteroatoms. The molecular formula is C9H11ClFNO. The normalized spacial score (nSPS) is 10.5. The fourth-order valence-electron chi connectivity index (χ4n) is 1.10. The van der Waals surface area contributed by atoms with Crippen molar-refractivity contribution >= 4 is 11.6 Å². The predicted octanol–water partition coefficient (Wildman–Crippen LogP) is 2.22. The first kappa shape index (κ1) is 10.4. The zero-order chi connectivity index (χ0) is 9.84. The maximum atomic E-state index is 13.2. The summed E-state index contributed by atoms with van der Waals surface area (Å²) in [5, 5.41) is 0.456. The van der Waals surface area contributed by atoms with Gasteiger partial charge in [0.05, 0.1) is 6.61 Å². The summed E-state index contributed by atoms with van der Waals surface area (Å²) in [5.74, 6) is 4.54. The van der Waals surface area contributed by atoms with Crippen molar-refractivity contribution in [3.63, 3.8) is 0 Å². The quantitative estimate of drug-likeness (QED) is 0.765. The van der Waals surface area contributed by atoms with Crippen molar-refractivity contribution in [2.24, 2.45) is 5.90 Å². The van der Waals surface area contributed by atoms with Gasteiger partial charge in [-0.25, -0.2) is 10.3 Å². The minimum Gasteiger partial charge on any atom is -0.304 e. The average Bonchev–Trinajstić information content (AvgIpc) is 2.12. The van der Waals surface area contributed by atoms with Crippen molar-refractivity contribution in [1.82, 2.24) is 0 Å². The van der Waals surface area contributed by atoms with E-state index in [0.717, 1.165) is 5.56 Å². The fraction of sp³-hybridized carbons (Fsp3) is 0.333. The van der Waals surface area contributed by atoms with E-state index < -0.39 is 0 Å². The van der Waals surface area contributed by atoms with E-state index in [1.165, 1.54) is 6.07 Å². The van der Waals surface area contributed by atoms with E-state index >= 15 is 0 Å². The van der Waals surface area contributed by atoms with Crippen LogP contribution in [0, 0.1) is 12.7 Å². The van der Waals surface area contributed by atoms with Crippen LogP contribution in [0.2, 0.25) is 5.02 Å². The SMILES string of the molecule is Cc1ccc(F)c(CCON)c1Cl. The van der Waals surface area contributed by atoms with Crippen LogP contribution in [0.3, 0.4) is 0 Å². The van der Waals surface area contributed by atoms with Crippen molar-refractivity contribution in [1.29, 1.82) is 0 Å². The van der Waals surface area contributed by atoms with Crippen molar-refractivity contribution in [3.8, 4) is 0 Å². The van der Waals surface area contributed by atoms with Crippen molar-refractivity contribution in [2.75, 3.05) is 6.61 Å². The molecule has 0 heterocycles. The van der Waals surface area contributed by atoms with Crippen molar-refractivity contribution in [2.45, 2.75) is 13.3 Å². The van der Waals surface area contributed by atoms with Crippen LogP contribution in [0.5, 0.6) is 0 Å². The Labute approximate surface area is 81.4 Å². The van der Waals surface area contributed by atoms with Crippen molar-refractivity contribution in [3.05, 3.63) is 34.1 Å². The predicted molar refractivity (Wildman–Crippen MR) is 50.0 cm³/mol. The minimum atomic E-state index is -0.312. The summed E-state index contributed by atoms with van der Waals surface area (Å²) < 4.78 is 13.2. The van der Waals surface area contributed by atoms with E-state index in [2.05, 4.69) is 4.84 Å². The molecule has 1 rings (SSSR count). The number of rotatable bonds is 3. The van der Waals surface area contributed by atoms with Crippen LogP contribution in [0.15, 0.2) is 12.1 Å². The van der Waals surface area contributed by atoms with E-state index in [0.29, 0.717) is 17.0 Å². The maximum Gasteiger partial charge on any atom is 0.127 e. The monoisotopic (exact) mass is 203 g/mol. The molecule has 0 saturated carbocycles. The van der Waals surface area contributed by atoms with Gasteiger partial charge in [-0.2, -0.15) is 0 Å². The van der Waals surface area contributed by atoms with Crippen LogP contribution in [0.4, 0.5) is 4.39 Å². The van der Waals surface area contributed by atoms with Gasteiger partial charge in [-0.1, -0.05) is 17.7 Å². The second kappa shape index (κ2) is 4.56. The molecular weight excluding hydrogens is 193 g/mol. The summed E-state index contributed by atoms with van der Waals surface area (Å²) in [6.45, 7) is 2.09. The van der Waals surface area contributed by atoms with Gasteiger partial charge in [0.15, 0.2) is 0 Å². The highest BCUT2D eigenvalue weighted by Gasteiger charge is 2.08. The highest BCUT2D eigenvalue weighted by molar-refractivity contribution is 6.32. The van der Waals surface area contributed by atoms with E-state index in [1.807, 2.05) is 6.92 Å². The van der Waals surface area contributed by atoms with Gasteiger partial charge >= 0.3 is 0 Å². The lowest BCUT2D eigenvalue weighted by molar-refractivity contribution is 0.140. The molecule has 72 valence electrons. The van der Waals surface area contributed by atoms with Crippen LogP contribution in [-0.4, -0.2) is 6.61 Å². The third kappa shape index (κ3) is 2.40. The molecule has 0 aliphatic rings. The number of benzene rings is 1. The number of nitrogens with two attached hydrogens (primary N) is 1. The molecule has 0 bridgehead atoms. The van der Waals surface area contributed by atoms with E-state index in [4.69, 9.17) is 17.5 Å². The molecule has 0 atom stereocenters. The summed E-state index contributed by atoms with van der Waals surface area (Å²) in [5.41, 5.74) is 1.32. The van der Waals surface area contributed by atoms with Crippen LogP contribution in [0.1, 0.15) is 11.1 Å². The average molecular weight is 204 g/mol. The lowest BCUT2D eigenvalue weighted by atomic mass is 10.1. The van der Waals surface area contributed by atoms with Gasteiger partial charge in [-0.3, -0.25) is 0 Å².